The maximum absolute atomic E-state index is 12.1. The van der Waals surface area contributed by atoms with Crippen molar-refractivity contribution in [2.24, 2.45) is 7.05 Å². The largest absolute Gasteiger partial charge is 0.473 e. The van der Waals surface area contributed by atoms with Gasteiger partial charge in [0, 0.05) is 56.7 Å². The number of alkyl halides is 1. The second-order valence-electron chi connectivity index (χ2n) is 6.87. The molecule has 0 spiro atoms. The van der Waals surface area contributed by atoms with Crippen molar-refractivity contribution in [1.29, 1.82) is 0 Å². The van der Waals surface area contributed by atoms with Gasteiger partial charge in [0.2, 0.25) is 11.8 Å². The Labute approximate surface area is 167 Å². The second-order valence-corrected chi connectivity index (χ2v) is 7.17. The molecule has 0 aliphatic heterocycles. The number of halogens is 1. The Hall–Kier alpha value is -2.87. The first-order valence-corrected chi connectivity index (χ1v) is 9.58. The third-order valence-electron chi connectivity index (χ3n) is 4.95. The molecular weight excluding hydrogens is 380 g/mol. The number of amides is 1. The maximum atomic E-state index is 12.1. The predicted molar refractivity (Wildman–Crippen MR) is 105 cm³/mol. The topological polar surface area (TPSA) is 77.5 Å². The van der Waals surface area contributed by atoms with E-state index < -0.39 is 0 Å². The lowest BCUT2D eigenvalue weighted by Gasteiger charge is -2.40. The van der Waals surface area contributed by atoms with Gasteiger partial charge in [-0.05, 0) is 6.07 Å². The minimum absolute atomic E-state index is 0.00704. The van der Waals surface area contributed by atoms with E-state index in [0.29, 0.717) is 11.8 Å². The molecule has 0 aromatic carbocycles. The molecule has 1 aliphatic carbocycles. The van der Waals surface area contributed by atoms with Crippen LogP contribution in [0.3, 0.4) is 0 Å². The maximum Gasteiger partial charge on any atom is 0.246 e. The first-order valence-electron chi connectivity index (χ1n) is 9.04. The van der Waals surface area contributed by atoms with Crippen molar-refractivity contribution in [2.75, 3.05) is 12.9 Å². The van der Waals surface area contributed by atoms with Gasteiger partial charge in [0.25, 0.3) is 0 Å². The third-order valence-corrected chi connectivity index (χ3v) is 5.13. The standard InChI is InChI=1S/C19H21ClN6O2/c1-24-11-13(10-22-24)16-12-26-17(5-7-21-26)19(23-16)28-15-8-14(9-15)25(2)18(27)4-3-6-20/h3-5,7,10-12,14-15H,6,8-9H2,1-2H3/b4-3+/t14-,15-. The Balaban J connectivity index is 1.48. The average Bonchev–Trinajstić information content (AvgIpc) is 3.30. The molecule has 8 nitrogen and oxygen atoms in total. The molecule has 9 heteroatoms. The number of fused-ring (bicyclic) bond motifs is 1. The van der Waals surface area contributed by atoms with Crippen molar-refractivity contribution in [1.82, 2.24) is 29.3 Å². The number of carbonyl (C=O) groups excluding carboxylic acids is 1. The van der Waals surface area contributed by atoms with Gasteiger partial charge < -0.3 is 9.64 Å². The summed E-state index contributed by atoms with van der Waals surface area (Å²) < 4.78 is 9.64. The molecule has 1 aliphatic rings. The molecule has 4 rings (SSSR count). The van der Waals surface area contributed by atoms with Gasteiger partial charge in [0.1, 0.15) is 11.6 Å². The first-order chi connectivity index (χ1) is 13.5. The molecule has 146 valence electrons. The number of aromatic nitrogens is 5. The van der Waals surface area contributed by atoms with Crippen LogP contribution in [0, 0.1) is 0 Å². The third kappa shape index (κ3) is 3.60. The van der Waals surface area contributed by atoms with Crippen molar-refractivity contribution in [3.8, 4) is 17.1 Å². The lowest BCUT2D eigenvalue weighted by atomic mass is 9.88. The van der Waals surface area contributed by atoms with E-state index in [4.69, 9.17) is 16.3 Å². The molecule has 28 heavy (non-hydrogen) atoms. The Morgan fingerprint density at radius 3 is 2.93 bits per heavy atom. The van der Waals surface area contributed by atoms with Crippen molar-refractivity contribution in [3.05, 3.63) is 43.0 Å². The molecular formula is C19H21ClN6O2. The molecule has 1 fully saturated rings. The van der Waals surface area contributed by atoms with Gasteiger partial charge in [-0.25, -0.2) is 9.50 Å². The van der Waals surface area contributed by atoms with Crippen LogP contribution in [0.1, 0.15) is 12.8 Å². The van der Waals surface area contributed by atoms with Crippen LogP contribution in [-0.2, 0) is 11.8 Å². The van der Waals surface area contributed by atoms with Crippen LogP contribution in [-0.4, -0.2) is 60.3 Å². The lowest BCUT2D eigenvalue weighted by Crippen LogP contribution is -2.49. The molecule has 3 heterocycles. The van der Waals surface area contributed by atoms with Crippen molar-refractivity contribution < 1.29 is 9.53 Å². The Bertz CT molecular complexity index is 1020. The predicted octanol–water partition coefficient (Wildman–Crippen LogP) is 2.29. The van der Waals surface area contributed by atoms with Gasteiger partial charge >= 0.3 is 0 Å². The number of allylic oxidation sites excluding steroid dienone is 1. The Kier molecular flexibility index (Phi) is 5.04. The van der Waals surface area contributed by atoms with Crippen LogP contribution >= 0.6 is 11.6 Å². The molecule has 0 N–H and O–H groups in total. The fraction of sp³-hybridized carbons (Fsp3) is 0.368. The second kappa shape index (κ2) is 7.63. The summed E-state index contributed by atoms with van der Waals surface area (Å²) in [6.45, 7) is 0. The van der Waals surface area contributed by atoms with E-state index in [2.05, 4.69) is 15.2 Å². The number of carbonyl (C=O) groups is 1. The smallest absolute Gasteiger partial charge is 0.246 e. The summed E-state index contributed by atoms with van der Waals surface area (Å²) in [6, 6.07) is 2.03. The number of nitrogens with zero attached hydrogens (tertiary/aromatic N) is 6. The van der Waals surface area contributed by atoms with Gasteiger partial charge in [-0.15, -0.1) is 11.6 Å². The van der Waals surface area contributed by atoms with Crippen molar-refractivity contribution in [3.63, 3.8) is 0 Å². The fourth-order valence-electron chi connectivity index (χ4n) is 3.23. The highest BCUT2D eigenvalue weighted by molar-refractivity contribution is 6.19. The summed E-state index contributed by atoms with van der Waals surface area (Å²) in [7, 11) is 3.67. The molecule has 0 bridgehead atoms. The highest BCUT2D eigenvalue weighted by Gasteiger charge is 2.36. The molecule has 1 amide bonds. The molecule has 3 aromatic rings. The Morgan fingerprint density at radius 2 is 2.21 bits per heavy atom. The SMILES string of the molecule is Cn1cc(-c2cn3nccc3c(O[C@H]3C[C@H](N(C)C(=O)/C=C/CCl)C3)n2)cn1. The summed E-state index contributed by atoms with van der Waals surface area (Å²) in [5, 5.41) is 8.52. The van der Waals surface area contributed by atoms with E-state index in [1.165, 1.54) is 6.08 Å². The number of hydrogen-bond acceptors (Lipinski definition) is 5. The molecule has 0 unspecified atom stereocenters. The highest BCUT2D eigenvalue weighted by atomic mass is 35.5. The quantitative estimate of drug-likeness (QED) is 0.468. The van der Waals surface area contributed by atoms with Crippen LogP contribution in [0.4, 0.5) is 0 Å². The van der Waals surface area contributed by atoms with E-state index in [0.717, 1.165) is 29.6 Å². The molecule has 3 aromatic heterocycles. The monoisotopic (exact) mass is 400 g/mol. The van der Waals surface area contributed by atoms with Gasteiger partial charge in [0.05, 0.1) is 24.3 Å². The van der Waals surface area contributed by atoms with Gasteiger partial charge in [-0.1, -0.05) is 6.08 Å². The van der Waals surface area contributed by atoms with E-state index in [9.17, 15) is 4.79 Å². The summed E-state index contributed by atoms with van der Waals surface area (Å²) in [5.74, 6) is 0.827. The zero-order valence-corrected chi connectivity index (χ0v) is 16.5. The minimum Gasteiger partial charge on any atom is -0.473 e. The van der Waals surface area contributed by atoms with Crippen LogP contribution in [0.2, 0.25) is 0 Å². The van der Waals surface area contributed by atoms with Gasteiger partial charge in [-0.3, -0.25) is 9.48 Å². The number of hydrogen-bond donors (Lipinski definition) is 0. The first kappa shape index (κ1) is 18.5. The van der Waals surface area contributed by atoms with E-state index in [1.54, 1.807) is 39.6 Å². The summed E-state index contributed by atoms with van der Waals surface area (Å²) >= 11 is 5.59. The van der Waals surface area contributed by atoms with E-state index in [1.807, 2.05) is 25.5 Å². The number of ether oxygens (including phenoxy) is 1. The fourth-order valence-corrected chi connectivity index (χ4v) is 3.32. The van der Waals surface area contributed by atoms with Crippen LogP contribution < -0.4 is 4.74 Å². The van der Waals surface area contributed by atoms with Crippen LogP contribution in [0.15, 0.2) is 43.0 Å². The normalized spacial score (nSPS) is 19.1. The van der Waals surface area contributed by atoms with E-state index in [-0.39, 0.29) is 18.1 Å². The lowest BCUT2D eigenvalue weighted by molar-refractivity contribution is -0.130. The molecule has 0 radical (unpaired) electrons. The summed E-state index contributed by atoms with van der Waals surface area (Å²) in [5.41, 5.74) is 2.45. The molecule has 0 saturated heterocycles. The Morgan fingerprint density at radius 1 is 1.39 bits per heavy atom. The van der Waals surface area contributed by atoms with Gasteiger partial charge in [0.15, 0.2) is 0 Å². The van der Waals surface area contributed by atoms with Crippen LogP contribution in [0.5, 0.6) is 5.88 Å². The highest BCUT2D eigenvalue weighted by Crippen LogP contribution is 2.31. The summed E-state index contributed by atoms with van der Waals surface area (Å²) in [6.07, 6.45) is 11.9. The van der Waals surface area contributed by atoms with Crippen LogP contribution in [0.25, 0.3) is 16.8 Å². The zero-order valence-electron chi connectivity index (χ0n) is 15.7. The number of aryl methyl sites for hydroxylation is 1. The number of rotatable bonds is 6. The zero-order chi connectivity index (χ0) is 19.7. The average molecular weight is 401 g/mol. The number of likely N-dealkylation sites (N-methyl/N-ethyl adjacent to an activating group) is 1. The summed E-state index contributed by atoms with van der Waals surface area (Å²) in [4.78, 5) is 18.5. The van der Waals surface area contributed by atoms with Crippen molar-refractivity contribution in [2.45, 2.75) is 25.0 Å². The molecule has 1 saturated carbocycles. The van der Waals surface area contributed by atoms with E-state index >= 15 is 0 Å². The minimum atomic E-state index is -0.0426. The molecule has 0 atom stereocenters. The van der Waals surface area contributed by atoms with Crippen molar-refractivity contribution >= 4 is 23.0 Å². The van der Waals surface area contributed by atoms with Gasteiger partial charge in [-0.2, -0.15) is 10.2 Å².